The maximum atomic E-state index is 12.6. The van der Waals surface area contributed by atoms with Crippen LogP contribution in [0.2, 0.25) is 0 Å². The molecule has 0 atom stereocenters. The zero-order valence-corrected chi connectivity index (χ0v) is 15.8. The Labute approximate surface area is 164 Å². The minimum atomic E-state index is -0.374. The minimum absolute atomic E-state index is 0.157. The van der Waals surface area contributed by atoms with Gasteiger partial charge in [0, 0.05) is 23.1 Å². The first kappa shape index (κ1) is 18.0. The third-order valence-corrected chi connectivity index (χ3v) is 5.44. The van der Waals surface area contributed by atoms with E-state index in [1.165, 1.54) is 11.3 Å². The second-order valence-corrected chi connectivity index (χ2v) is 7.30. The van der Waals surface area contributed by atoms with Gasteiger partial charge in [-0.25, -0.2) is 9.78 Å². The van der Waals surface area contributed by atoms with E-state index >= 15 is 0 Å². The van der Waals surface area contributed by atoms with Crippen molar-refractivity contribution in [3.05, 3.63) is 98.0 Å². The maximum Gasteiger partial charge on any atom is 0.348 e. The molecule has 0 aliphatic rings. The SMILES string of the molecule is Cc1csc2nc(Cc3ccc(C(=O)c4cccc(C=O)c4)cc3)oc(=O)c12. The Morgan fingerprint density at radius 1 is 1.14 bits per heavy atom. The molecule has 0 aliphatic carbocycles. The first-order valence-corrected chi connectivity index (χ1v) is 9.50. The average molecular weight is 389 g/mol. The summed E-state index contributed by atoms with van der Waals surface area (Å²) in [5.74, 6) is 0.187. The van der Waals surface area contributed by atoms with Crippen LogP contribution in [0.5, 0.6) is 0 Å². The number of hydrogen-bond acceptors (Lipinski definition) is 6. The molecule has 0 spiro atoms. The normalized spacial score (nSPS) is 10.9. The highest BCUT2D eigenvalue weighted by atomic mass is 32.1. The second kappa shape index (κ2) is 7.32. The van der Waals surface area contributed by atoms with Crippen molar-refractivity contribution in [3.8, 4) is 0 Å². The zero-order valence-electron chi connectivity index (χ0n) is 15.0. The van der Waals surface area contributed by atoms with E-state index < -0.39 is 0 Å². The molecule has 0 fully saturated rings. The Bertz CT molecular complexity index is 1250. The summed E-state index contributed by atoms with van der Waals surface area (Å²) in [6.45, 7) is 1.86. The Balaban J connectivity index is 1.57. The van der Waals surface area contributed by atoms with E-state index in [0.29, 0.717) is 45.5 Å². The third-order valence-electron chi connectivity index (χ3n) is 4.45. The molecular formula is C22H15NO4S. The van der Waals surface area contributed by atoms with Gasteiger partial charge in [0.2, 0.25) is 5.89 Å². The highest BCUT2D eigenvalue weighted by molar-refractivity contribution is 7.16. The fourth-order valence-corrected chi connectivity index (χ4v) is 3.92. The topological polar surface area (TPSA) is 77.2 Å². The Kier molecular flexibility index (Phi) is 4.71. The van der Waals surface area contributed by atoms with Crippen molar-refractivity contribution >= 4 is 33.6 Å². The molecule has 0 bridgehead atoms. The van der Waals surface area contributed by atoms with Gasteiger partial charge in [-0.05, 0) is 29.5 Å². The van der Waals surface area contributed by atoms with Crippen molar-refractivity contribution < 1.29 is 14.0 Å². The van der Waals surface area contributed by atoms with Crippen LogP contribution in [0.25, 0.3) is 10.2 Å². The lowest BCUT2D eigenvalue weighted by molar-refractivity contribution is 0.103. The van der Waals surface area contributed by atoms with Crippen molar-refractivity contribution in [2.75, 3.05) is 0 Å². The lowest BCUT2D eigenvalue weighted by Gasteiger charge is -2.04. The van der Waals surface area contributed by atoms with Crippen LogP contribution in [-0.4, -0.2) is 17.1 Å². The number of nitrogens with zero attached hydrogens (tertiary/aromatic N) is 1. The van der Waals surface area contributed by atoms with Crippen LogP contribution < -0.4 is 5.63 Å². The predicted octanol–water partition coefficient (Wildman–Crippen LogP) is 4.19. The third kappa shape index (κ3) is 3.42. The Morgan fingerprint density at radius 2 is 1.93 bits per heavy atom. The lowest BCUT2D eigenvalue weighted by atomic mass is 10.00. The number of hydrogen-bond donors (Lipinski definition) is 0. The van der Waals surface area contributed by atoms with Crippen molar-refractivity contribution in [2.24, 2.45) is 0 Å². The van der Waals surface area contributed by atoms with E-state index in [1.54, 1.807) is 36.4 Å². The number of rotatable bonds is 5. The number of carbonyl (C=O) groups excluding carboxylic acids is 2. The van der Waals surface area contributed by atoms with Crippen LogP contribution >= 0.6 is 11.3 Å². The molecule has 6 heteroatoms. The first-order chi connectivity index (χ1) is 13.5. The van der Waals surface area contributed by atoms with Crippen molar-refractivity contribution in [1.82, 2.24) is 4.98 Å². The maximum absolute atomic E-state index is 12.6. The van der Waals surface area contributed by atoms with Crippen molar-refractivity contribution in [2.45, 2.75) is 13.3 Å². The van der Waals surface area contributed by atoms with E-state index in [4.69, 9.17) is 4.42 Å². The summed E-state index contributed by atoms with van der Waals surface area (Å²) >= 11 is 1.42. The second-order valence-electron chi connectivity index (χ2n) is 6.44. The minimum Gasteiger partial charge on any atom is -0.407 e. The summed E-state index contributed by atoms with van der Waals surface area (Å²) in [5.41, 5.74) is 2.81. The average Bonchev–Trinajstić information content (AvgIpc) is 3.09. The highest BCUT2D eigenvalue weighted by Gasteiger charge is 2.13. The summed E-state index contributed by atoms with van der Waals surface area (Å²) in [4.78, 5) is 40.7. The molecule has 0 saturated heterocycles. The summed E-state index contributed by atoms with van der Waals surface area (Å²) in [7, 11) is 0. The van der Waals surface area contributed by atoms with Crippen LogP contribution in [0.3, 0.4) is 0 Å². The first-order valence-electron chi connectivity index (χ1n) is 8.62. The van der Waals surface area contributed by atoms with E-state index in [2.05, 4.69) is 4.98 Å². The van der Waals surface area contributed by atoms with Gasteiger partial charge in [-0.3, -0.25) is 9.59 Å². The molecule has 0 unspecified atom stereocenters. The molecule has 0 amide bonds. The summed E-state index contributed by atoms with van der Waals surface area (Å²) in [6, 6.07) is 13.6. The molecule has 2 aromatic carbocycles. The van der Waals surface area contributed by atoms with E-state index in [-0.39, 0.29) is 11.4 Å². The van der Waals surface area contributed by atoms with Crippen LogP contribution in [0, 0.1) is 6.92 Å². The van der Waals surface area contributed by atoms with Crippen molar-refractivity contribution in [1.29, 1.82) is 0 Å². The number of aldehydes is 1. The number of aromatic nitrogens is 1. The quantitative estimate of drug-likeness (QED) is 0.378. The molecule has 28 heavy (non-hydrogen) atoms. The Hall–Kier alpha value is -3.38. The number of fused-ring (bicyclic) bond motifs is 1. The van der Waals surface area contributed by atoms with Gasteiger partial charge in [-0.2, -0.15) is 0 Å². The number of thiophene rings is 1. The number of aryl methyl sites for hydroxylation is 1. The summed E-state index contributed by atoms with van der Waals surface area (Å²) in [6.07, 6.45) is 1.07. The predicted molar refractivity (Wildman–Crippen MR) is 107 cm³/mol. The largest absolute Gasteiger partial charge is 0.407 e. The van der Waals surface area contributed by atoms with Gasteiger partial charge in [0.1, 0.15) is 11.1 Å². The summed E-state index contributed by atoms with van der Waals surface area (Å²) in [5, 5.41) is 2.42. The van der Waals surface area contributed by atoms with Gasteiger partial charge in [0.25, 0.3) is 0 Å². The molecule has 4 rings (SSSR count). The smallest absolute Gasteiger partial charge is 0.348 e. The molecule has 2 heterocycles. The molecule has 0 N–H and O–H groups in total. The molecule has 2 aromatic heterocycles. The van der Waals surface area contributed by atoms with Crippen LogP contribution in [-0.2, 0) is 6.42 Å². The molecule has 0 radical (unpaired) electrons. The molecule has 0 aliphatic heterocycles. The molecular weight excluding hydrogens is 374 g/mol. The number of ketones is 1. The number of carbonyl (C=O) groups is 2. The van der Waals surface area contributed by atoms with E-state index in [0.717, 1.165) is 11.1 Å². The van der Waals surface area contributed by atoms with Gasteiger partial charge < -0.3 is 4.42 Å². The highest BCUT2D eigenvalue weighted by Crippen LogP contribution is 2.21. The van der Waals surface area contributed by atoms with Crippen molar-refractivity contribution in [3.63, 3.8) is 0 Å². The molecule has 4 aromatic rings. The molecule has 138 valence electrons. The van der Waals surface area contributed by atoms with Gasteiger partial charge in [0.15, 0.2) is 5.78 Å². The molecule has 0 saturated carbocycles. The van der Waals surface area contributed by atoms with Crippen LogP contribution in [0.4, 0.5) is 0 Å². The van der Waals surface area contributed by atoms with Gasteiger partial charge in [-0.15, -0.1) is 11.3 Å². The zero-order chi connectivity index (χ0) is 19.7. The standard InChI is InChI=1S/C22H15NO4S/c1-13-12-28-21-19(13)22(26)27-18(23-21)10-14-5-7-16(8-6-14)20(25)17-4-2-3-15(9-17)11-24/h2-9,11-12H,10H2,1H3. The monoisotopic (exact) mass is 389 g/mol. The van der Waals surface area contributed by atoms with E-state index in [1.807, 2.05) is 24.4 Å². The van der Waals surface area contributed by atoms with Gasteiger partial charge in [0.05, 0.1) is 5.39 Å². The van der Waals surface area contributed by atoms with Gasteiger partial charge >= 0.3 is 5.63 Å². The van der Waals surface area contributed by atoms with Crippen LogP contribution in [0.1, 0.15) is 43.3 Å². The van der Waals surface area contributed by atoms with Gasteiger partial charge in [-0.1, -0.05) is 42.5 Å². The Morgan fingerprint density at radius 3 is 2.68 bits per heavy atom. The number of benzene rings is 2. The summed E-state index contributed by atoms with van der Waals surface area (Å²) < 4.78 is 5.35. The fraction of sp³-hybridized carbons (Fsp3) is 0.0909. The van der Waals surface area contributed by atoms with E-state index in [9.17, 15) is 14.4 Å². The fourth-order valence-electron chi connectivity index (χ4n) is 3.00. The lowest BCUT2D eigenvalue weighted by Crippen LogP contribution is -2.05. The molecule has 5 nitrogen and oxygen atoms in total. The van der Waals surface area contributed by atoms with Crippen LogP contribution in [0.15, 0.2) is 63.1 Å².